The maximum Gasteiger partial charge on any atom is 0.472 e. The van der Waals surface area contributed by atoms with Crippen LogP contribution in [0, 0.1) is 0 Å². The highest BCUT2D eigenvalue weighted by Gasteiger charge is 2.26. The van der Waals surface area contributed by atoms with E-state index in [0.717, 1.165) is 116 Å². The summed E-state index contributed by atoms with van der Waals surface area (Å²) < 4.78 is 33.3. The first kappa shape index (κ1) is 88.9. The summed E-state index contributed by atoms with van der Waals surface area (Å²) in [5.41, 5.74) is 5.41. The number of hydrogen-bond donors (Lipinski definition) is 2. The van der Waals surface area contributed by atoms with Crippen molar-refractivity contribution >= 4 is 19.8 Å². The fraction of sp³-hybridized carbons (Fsp3) is 0.687. The number of rotatable bonds is 71. The van der Waals surface area contributed by atoms with Gasteiger partial charge in [0.1, 0.15) is 6.61 Å². The number of hydrogen-bond acceptors (Lipinski definition) is 8. The number of phosphoric ester groups is 1. The number of nitrogens with two attached hydrogens (primary N) is 1. The van der Waals surface area contributed by atoms with Gasteiger partial charge >= 0.3 is 19.8 Å². The van der Waals surface area contributed by atoms with Crippen molar-refractivity contribution in [1.82, 2.24) is 0 Å². The Bertz CT molecular complexity index is 2040. The van der Waals surface area contributed by atoms with Crippen LogP contribution in [0.25, 0.3) is 0 Å². The largest absolute Gasteiger partial charge is 0.472 e. The van der Waals surface area contributed by atoms with Crippen molar-refractivity contribution in [2.75, 3.05) is 26.4 Å². The highest BCUT2D eigenvalue weighted by molar-refractivity contribution is 7.47. The number of ether oxygens (including phenoxy) is 2. The molecular weight excluding hydrogens is 1170 g/mol. The summed E-state index contributed by atoms with van der Waals surface area (Å²) in [7, 11) is -4.40. The molecule has 2 unspecified atom stereocenters. The molecule has 93 heavy (non-hydrogen) atoms. The fourth-order valence-electron chi connectivity index (χ4n) is 10.6. The number of allylic oxidation sites excluding steroid dienone is 24. The number of unbranched alkanes of at least 4 members (excludes halogenated alkanes) is 34. The predicted octanol–water partition coefficient (Wildman–Crippen LogP) is 25.8. The lowest BCUT2D eigenvalue weighted by atomic mass is 10.0. The van der Waals surface area contributed by atoms with Gasteiger partial charge in [0.15, 0.2) is 6.10 Å². The van der Waals surface area contributed by atoms with Crippen LogP contribution in [0.15, 0.2) is 146 Å². The van der Waals surface area contributed by atoms with Crippen LogP contribution in [0.5, 0.6) is 0 Å². The molecule has 0 heterocycles. The van der Waals surface area contributed by atoms with E-state index in [9.17, 15) is 19.0 Å². The Morgan fingerprint density at radius 3 is 0.828 bits per heavy atom. The summed E-state index contributed by atoms with van der Waals surface area (Å²) in [6.07, 6.45) is 111. The molecule has 0 amide bonds. The van der Waals surface area contributed by atoms with E-state index < -0.39 is 26.5 Å². The van der Waals surface area contributed by atoms with Gasteiger partial charge in [0.25, 0.3) is 0 Å². The summed E-state index contributed by atoms with van der Waals surface area (Å²) in [5.74, 6) is -0.822. The monoisotopic (exact) mass is 1310 g/mol. The molecule has 0 fully saturated rings. The summed E-state index contributed by atoms with van der Waals surface area (Å²) in [6, 6.07) is 0. The van der Waals surface area contributed by atoms with Gasteiger partial charge in [-0.1, -0.05) is 352 Å². The average Bonchev–Trinajstić information content (AvgIpc) is 3.70. The Kier molecular flexibility index (Phi) is 73.5. The second-order valence-corrected chi connectivity index (χ2v) is 26.6. The minimum atomic E-state index is -4.40. The van der Waals surface area contributed by atoms with Gasteiger partial charge < -0.3 is 20.1 Å². The van der Waals surface area contributed by atoms with E-state index in [1.54, 1.807) is 0 Å². The highest BCUT2D eigenvalue weighted by atomic mass is 31.2. The molecule has 0 saturated heterocycles. The summed E-state index contributed by atoms with van der Waals surface area (Å²) in [4.78, 5) is 35.4. The highest BCUT2D eigenvalue weighted by Crippen LogP contribution is 2.43. The van der Waals surface area contributed by atoms with Gasteiger partial charge in [-0.25, -0.2) is 4.57 Å². The maximum absolute atomic E-state index is 12.8. The maximum atomic E-state index is 12.8. The van der Waals surface area contributed by atoms with Crippen LogP contribution in [0.2, 0.25) is 0 Å². The van der Waals surface area contributed by atoms with E-state index in [4.69, 9.17) is 24.3 Å². The molecule has 10 heteroatoms. The fourth-order valence-corrected chi connectivity index (χ4v) is 11.4. The van der Waals surface area contributed by atoms with Gasteiger partial charge in [0.2, 0.25) is 0 Å². The Morgan fingerprint density at radius 1 is 0.323 bits per heavy atom. The number of carbonyl (C=O) groups excluding carboxylic acids is 2. The summed E-state index contributed by atoms with van der Waals surface area (Å²) in [5, 5.41) is 0. The third-order valence-corrected chi connectivity index (χ3v) is 17.2. The Labute approximate surface area is 573 Å². The van der Waals surface area contributed by atoms with E-state index in [-0.39, 0.29) is 38.6 Å². The van der Waals surface area contributed by atoms with E-state index in [2.05, 4.69) is 160 Å². The molecule has 0 aromatic heterocycles. The third kappa shape index (κ3) is 76.8. The third-order valence-electron chi connectivity index (χ3n) is 16.2. The second kappa shape index (κ2) is 76.9. The van der Waals surface area contributed by atoms with Crippen molar-refractivity contribution < 1.29 is 37.6 Å². The van der Waals surface area contributed by atoms with Crippen LogP contribution in [-0.4, -0.2) is 49.3 Å². The van der Waals surface area contributed by atoms with Crippen LogP contribution in [0.1, 0.15) is 335 Å². The SMILES string of the molecule is CC/C=C\C/C=C\C/C=C\C/C=C\C/C=C\C/C=C\C/C=C\CCCCCCCCCCCCCCCC(=O)OC(COC(=O)CCCCCCCCCCCCCCCCCCCCCCC/C=C\C/C=C\C/C=C\C/C=C\C/C=C\CC)COP(=O)(O)OCCN. The first-order valence-corrected chi connectivity index (χ1v) is 39.8. The van der Waals surface area contributed by atoms with Crippen molar-refractivity contribution in [3.05, 3.63) is 146 Å². The molecular formula is C83H142NO8P. The van der Waals surface area contributed by atoms with Crippen molar-refractivity contribution in [2.24, 2.45) is 5.73 Å². The lowest BCUT2D eigenvalue weighted by Gasteiger charge is -2.19. The van der Waals surface area contributed by atoms with Crippen molar-refractivity contribution in [2.45, 2.75) is 341 Å². The van der Waals surface area contributed by atoms with Crippen molar-refractivity contribution in [3.8, 4) is 0 Å². The second-order valence-electron chi connectivity index (χ2n) is 25.1. The first-order valence-electron chi connectivity index (χ1n) is 38.3. The summed E-state index contributed by atoms with van der Waals surface area (Å²) >= 11 is 0. The zero-order chi connectivity index (χ0) is 67.2. The molecule has 0 aliphatic carbocycles. The van der Waals surface area contributed by atoms with E-state index in [1.807, 2.05) is 0 Å². The lowest BCUT2D eigenvalue weighted by molar-refractivity contribution is -0.161. The number of phosphoric acid groups is 1. The number of esters is 2. The normalized spacial score (nSPS) is 13.7. The zero-order valence-corrected chi connectivity index (χ0v) is 60.8. The van der Waals surface area contributed by atoms with Crippen LogP contribution in [-0.2, 0) is 32.7 Å². The molecule has 9 nitrogen and oxygen atoms in total. The molecule has 2 atom stereocenters. The van der Waals surface area contributed by atoms with Crippen LogP contribution in [0.4, 0.5) is 0 Å². The molecule has 0 aliphatic rings. The standard InChI is InChI=1S/C83H142NO8P/c1-3-5-7-9-11-13-15-17-19-21-23-25-27-29-31-33-35-37-39-40-42-43-45-47-49-51-53-55-57-59-61-63-65-67-69-71-73-75-82(85)89-79-81(80-91-93(87,88)90-78-77-84)92-83(86)76-74-72-70-68-66-64-62-60-58-56-54-52-50-48-46-44-41-38-36-34-32-30-28-26-24-22-20-18-16-14-12-10-8-6-4-2/h5-8,11-14,17-20,23-26,29-32,36,38,44,46,81H,3-4,9-10,15-16,21-22,27-28,33-35,37,39-43,45,47-80,84H2,1-2H3,(H,87,88)/b7-5-,8-6-,13-11-,14-12-,19-17-,20-18-,25-23-,26-24-,31-29-,32-30-,38-36-,46-44-. The Hall–Kier alpha value is -4.11. The molecule has 0 aromatic rings. The number of carbonyl (C=O) groups is 2. The van der Waals surface area contributed by atoms with E-state index >= 15 is 0 Å². The quantitative estimate of drug-likeness (QED) is 0.0264. The summed E-state index contributed by atoms with van der Waals surface area (Å²) in [6.45, 7) is 3.54. The van der Waals surface area contributed by atoms with E-state index in [0.29, 0.717) is 6.42 Å². The molecule has 3 N–H and O–H groups in total. The average molecular weight is 1310 g/mol. The van der Waals surface area contributed by atoms with Crippen LogP contribution >= 0.6 is 7.82 Å². The Morgan fingerprint density at radius 2 is 0.559 bits per heavy atom. The van der Waals surface area contributed by atoms with Crippen molar-refractivity contribution in [1.29, 1.82) is 0 Å². The molecule has 0 bridgehead atoms. The molecule has 0 saturated carbocycles. The molecule has 0 radical (unpaired) electrons. The lowest BCUT2D eigenvalue weighted by Crippen LogP contribution is -2.29. The zero-order valence-electron chi connectivity index (χ0n) is 59.9. The van der Waals surface area contributed by atoms with Gasteiger partial charge in [-0.05, 0) is 116 Å². The first-order chi connectivity index (χ1) is 45.8. The van der Waals surface area contributed by atoms with Gasteiger partial charge in [0, 0.05) is 19.4 Å². The topological polar surface area (TPSA) is 134 Å². The van der Waals surface area contributed by atoms with Gasteiger partial charge in [-0.15, -0.1) is 0 Å². The Balaban J connectivity index is 3.85. The molecule has 0 rings (SSSR count). The molecule has 532 valence electrons. The van der Waals surface area contributed by atoms with Crippen LogP contribution in [0.3, 0.4) is 0 Å². The van der Waals surface area contributed by atoms with E-state index in [1.165, 1.54) is 186 Å². The predicted molar refractivity (Wildman–Crippen MR) is 404 cm³/mol. The minimum Gasteiger partial charge on any atom is -0.462 e. The van der Waals surface area contributed by atoms with Gasteiger partial charge in [-0.3, -0.25) is 18.6 Å². The molecule has 0 aliphatic heterocycles. The molecule has 0 spiro atoms. The van der Waals surface area contributed by atoms with Gasteiger partial charge in [0.05, 0.1) is 13.2 Å². The van der Waals surface area contributed by atoms with Gasteiger partial charge in [-0.2, -0.15) is 0 Å². The van der Waals surface area contributed by atoms with Crippen LogP contribution < -0.4 is 5.73 Å². The molecule has 0 aromatic carbocycles. The smallest absolute Gasteiger partial charge is 0.462 e. The van der Waals surface area contributed by atoms with Crippen molar-refractivity contribution in [3.63, 3.8) is 0 Å². The minimum absolute atomic E-state index is 0.0494.